The Kier molecular flexibility index (Phi) is 9.52. The molecule has 46 heavy (non-hydrogen) atoms. The van der Waals surface area contributed by atoms with E-state index in [1.807, 2.05) is 6.92 Å². The van der Waals surface area contributed by atoms with Crippen LogP contribution in [0.3, 0.4) is 0 Å². The van der Waals surface area contributed by atoms with Crippen LogP contribution in [0.5, 0.6) is 0 Å². The molecule has 236 valence electrons. The molecule has 9 N–H and O–H groups in total. The fourth-order valence-electron chi connectivity index (χ4n) is 4.77. The average Bonchev–Trinajstić information content (AvgIpc) is 3.57. The Morgan fingerprint density at radius 3 is 2.52 bits per heavy atom. The Hall–Kier alpha value is -5.83. The van der Waals surface area contributed by atoms with Gasteiger partial charge < -0.3 is 32.5 Å². The highest BCUT2D eigenvalue weighted by molar-refractivity contribution is 6.37. The second kappa shape index (κ2) is 13.9. The molecule has 3 aromatic carbocycles. The van der Waals surface area contributed by atoms with Gasteiger partial charge in [-0.05, 0) is 73.0 Å². The van der Waals surface area contributed by atoms with Gasteiger partial charge in [-0.3, -0.25) is 9.59 Å². The minimum absolute atomic E-state index is 0.0603. The van der Waals surface area contributed by atoms with E-state index < -0.39 is 17.9 Å². The number of rotatable bonds is 12. The van der Waals surface area contributed by atoms with Gasteiger partial charge in [0.2, 0.25) is 11.8 Å². The number of amides is 2. The van der Waals surface area contributed by atoms with E-state index in [4.69, 9.17) is 23.1 Å². The van der Waals surface area contributed by atoms with Gasteiger partial charge in [0.25, 0.3) is 11.8 Å². The Morgan fingerprint density at radius 1 is 1.02 bits per heavy atom. The molecule has 16 heteroatoms. The first-order valence-electron chi connectivity index (χ1n) is 14.1. The van der Waals surface area contributed by atoms with Crippen LogP contribution in [0.25, 0.3) is 22.3 Å². The fraction of sp³-hybridized carbons (Fsp3) is 0.200. The van der Waals surface area contributed by atoms with Gasteiger partial charge in [0.15, 0.2) is 0 Å². The summed E-state index contributed by atoms with van der Waals surface area (Å²) >= 11 is 6.56. The molecule has 0 spiro atoms. The molecule has 5 rings (SSSR count). The van der Waals surface area contributed by atoms with Gasteiger partial charge in [-0.25, -0.2) is 9.78 Å². The first-order chi connectivity index (χ1) is 22.1. The van der Waals surface area contributed by atoms with Gasteiger partial charge >= 0.3 is 5.97 Å². The Morgan fingerprint density at radius 2 is 1.80 bits per heavy atom. The van der Waals surface area contributed by atoms with Crippen molar-refractivity contribution < 1.29 is 19.5 Å². The second-order valence-corrected chi connectivity index (χ2v) is 10.8. The number of hydrogen-bond donors (Lipinski definition) is 7. The third-order valence-corrected chi connectivity index (χ3v) is 7.55. The lowest BCUT2D eigenvalue weighted by Gasteiger charge is -2.15. The van der Waals surface area contributed by atoms with Crippen molar-refractivity contribution in [3.63, 3.8) is 0 Å². The standard InChI is InChI=1S/C30H30ClN11O4/c1-15-4-10-19(20(13-15)26-39-41-42-40-26)28(44)34-12-2-3-22(29(45)46)36-27(43)16-5-8-18(9-6-16)35-14-17-7-11-21-23(24(17)31)25(32)38-30(33)37-21/h4-11,13,22,35H,2-3,12,14H2,1H3,(H,34,44)(H,36,43)(H,45,46)(H4,32,33,37,38)(H,39,40,41,42)/t22-/m0/s1. The number of aromatic amines is 1. The molecule has 15 nitrogen and oxygen atoms in total. The topological polar surface area (TPSA) is 240 Å². The van der Waals surface area contributed by atoms with Crippen molar-refractivity contribution in [1.82, 2.24) is 41.2 Å². The van der Waals surface area contributed by atoms with Crippen LogP contribution in [0.15, 0.2) is 54.6 Å². The lowest BCUT2D eigenvalue weighted by molar-refractivity contribution is -0.139. The minimum atomic E-state index is -1.18. The smallest absolute Gasteiger partial charge is 0.326 e. The van der Waals surface area contributed by atoms with Crippen molar-refractivity contribution in [2.24, 2.45) is 0 Å². The van der Waals surface area contributed by atoms with E-state index >= 15 is 0 Å². The van der Waals surface area contributed by atoms with Gasteiger partial charge in [0, 0.05) is 29.9 Å². The molecule has 0 fully saturated rings. The number of halogens is 1. The molecule has 0 aliphatic heterocycles. The monoisotopic (exact) mass is 643 g/mol. The summed E-state index contributed by atoms with van der Waals surface area (Å²) < 4.78 is 0. The number of aliphatic carboxylic acids is 1. The van der Waals surface area contributed by atoms with Crippen LogP contribution in [0.1, 0.15) is 44.7 Å². The van der Waals surface area contributed by atoms with E-state index in [0.29, 0.717) is 45.7 Å². The lowest BCUT2D eigenvalue weighted by atomic mass is 10.0. The van der Waals surface area contributed by atoms with Crippen molar-refractivity contribution >= 4 is 57.7 Å². The SMILES string of the molecule is Cc1ccc(C(=O)NCCC[C@H](NC(=O)c2ccc(NCc3ccc4nc(N)nc(N)c4c3Cl)cc2)C(=O)O)c(-c2nn[nH]n2)c1. The number of carbonyl (C=O) groups is 3. The summed E-state index contributed by atoms with van der Waals surface area (Å²) in [6.45, 7) is 2.42. The number of aryl methyl sites for hydroxylation is 1. The predicted molar refractivity (Wildman–Crippen MR) is 172 cm³/mol. The van der Waals surface area contributed by atoms with Crippen molar-refractivity contribution in [1.29, 1.82) is 0 Å². The van der Waals surface area contributed by atoms with Gasteiger partial charge in [-0.15, -0.1) is 10.2 Å². The molecule has 2 amide bonds. The number of carboxylic acid groups (broad SMARTS) is 1. The molecule has 5 aromatic rings. The Bertz CT molecular complexity index is 1900. The molecule has 0 radical (unpaired) electrons. The van der Waals surface area contributed by atoms with Crippen molar-refractivity contribution in [2.75, 3.05) is 23.3 Å². The molecule has 0 aliphatic rings. The van der Waals surface area contributed by atoms with Crippen LogP contribution in [-0.2, 0) is 11.3 Å². The van der Waals surface area contributed by atoms with E-state index in [0.717, 1.165) is 11.1 Å². The lowest BCUT2D eigenvalue weighted by Crippen LogP contribution is -2.41. The number of fused-ring (bicyclic) bond motifs is 1. The van der Waals surface area contributed by atoms with E-state index in [9.17, 15) is 19.5 Å². The number of carboxylic acids is 1. The normalized spacial score (nSPS) is 11.6. The largest absolute Gasteiger partial charge is 0.480 e. The summed E-state index contributed by atoms with van der Waals surface area (Å²) in [5, 5.41) is 33.0. The first kappa shape index (κ1) is 31.6. The highest BCUT2D eigenvalue weighted by atomic mass is 35.5. The molecule has 0 unspecified atom stereocenters. The molecule has 1 atom stereocenters. The zero-order valence-electron chi connectivity index (χ0n) is 24.5. The number of nitrogens with one attached hydrogen (secondary N) is 4. The quantitative estimate of drug-likeness (QED) is 0.0971. The number of carbonyl (C=O) groups excluding carboxylic acids is 2. The third kappa shape index (κ3) is 7.27. The zero-order valence-corrected chi connectivity index (χ0v) is 25.3. The maximum atomic E-state index is 12.9. The van der Waals surface area contributed by atoms with Crippen molar-refractivity contribution in [3.05, 3.63) is 81.9 Å². The fourth-order valence-corrected chi connectivity index (χ4v) is 5.09. The molecule has 2 aromatic heterocycles. The summed E-state index contributed by atoms with van der Waals surface area (Å²) in [5.74, 6) is -1.56. The number of anilines is 3. The number of nitrogen functional groups attached to an aromatic ring is 2. The zero-order chi connectivity index (χ0) is 32.8. The molecule has 0 saturated heterocycles. The van der Waals surface area contributed by atoms with Crippen LogP contribution in [-0.4, -0.2) is 66.1 Å². The molecular weight excluding hydrogens is 614 g/mol. The Balaban J connectivity index is 1.13. The Labute approximate surface area is 267 Å². The summed E-state index contributed by atoms with van der Waals surface area (Å²) in [6.07, 6.45) is 0.402. The van der Waals surface area contributed by atoms with Crippen LogP contribution < -0.4 is 27.4 Å². The average molecular weight is 644 g/mol. The van der Waals surface area contributed by atoms with Crippen LogP contribution in [0.2, 0.25) is 5.02 Å². The van der Waals surface area contributed by atoms with Crippen LogP contribution in [0.4, 0.5) is 17.5 Å². The van der Waals surface area contributed by atoms with Gasteiger partial charge in [0.05, 0.1) is 21.5 Å². The summed E-state index contributed by atoms with van der Waals surface area (Å²) in [4.78, 5) is 45.7. The number of hydrogen-bond acceptors (Lipinski definition) is 11. The maximum absolute atomic E-state index is 12.9. The molecule has 0 bridgehead atoms. The number of nitrogens with two attached hydrogens (primary N) is 2. The number of benzene rings is 3. The van der Waals surface area contributed by atoms with E-state index in [1.165, 1.54) is 0 Å². The molecular formula is C30H30ClN11O4. The predicted octanol–water partition coefficient (Wildman–Crippen LogP) is 2.94. The summed E-state index contributed by atoms with van der Waals surface area (Å²) in [5.41, 5.74) is 15.7. The molecule has 0 saturated carbocycles. The summed E-state index contributed by atoms with van der Waals surface area (Å²) in [6, 6.07) is 14.2. The third-order valence-electron chi connectivity index (χ3n) is 7.12. The molecule has 2 heterocycles. The summed E-state index contributed by atoms with van der Waals surface area (Å²) in [7, 11) is 0. The first-order valence-corrected chi connectivity index (χ1v) is 14.5. The second-order valence-electron chi connectivity index (χ2n) is 10.4. The van der Waals surface area contributed by atoms with Gasteiger partial charge in [-0.1, -0.05) is 29.3 Å². The minimum Gasteiger partial charge on any atom is -0.480 e. The molecule has 0 aliphatic carbocycles. The number of aromatic nitrogens is 6. The van der Waals surface area contributed by atoms with Gasteiger partial charge in [-0.2, -0.15) is 10.2 Å². The number of tetrazole rings is 1. The highest BCUT2D eigenvalue weighted by Crippen LogP contribution is 2.31. The number of nitrogens with zero attached hydrogens (tertiary/aromatic N) is 5. The van der Waals surface area contributed by atoms with E-state index in [-0.39, 0.29) is 42.0 Å². The van der Waals surface area contributed by atoms with Gasteiger partial charge in [0.1, 0.15) is 11.9 Å². The van der Waals surface area contributed by atoms with E-state index in [2.05, 4.69) is 46.5 Å². The maximum Gasteiger partial charge on any atom is 0.326 e. The highest BCUT2D eigenvalue weighted by Gasteiger charge is 2.21. The van der Waals surface area contributed by atoms with Crippen molar-refractivity contribution in [3.8, 4) is 11.4 Å². The van der Waals surface area contributed by atoms with Crippen LogP contribution >= 0.6 is 11.6 Å². The van der Waals surface area contributed by atoms with Crippen LogP contribution in [0, 0.1) is 6.92 Å². The van der Waals surface area contributed by atoms with Crippen molar-refractivity contribution in [2.45, 2.75) is 32.4 Å². The number of H-pyrrole nitrogens is 1. The van der Waals surface area contributed by atoms with E-state index in [1.54, 1.807) is 54.6 Å².